The number of carbonyl (C=O) groups excluding carboxylic acids is 2. The molecule has 0 spiro atoms. The van der Waals surface area contributed by atoms with Gasteiger partial charge >= 0.3 is 6.09 Å². The van der Waals surface area contributed by atoms with E-state index in [1.807, 2.05) is 13.8 Å². The summed E-state index contributed by atoms with van der Waals surface area (Å²) in [6.45, 7) is 10.4. The third-order valence-corrected chi connectivity index (χ3v) is 4.30. The van der Waals surface area contributed by atoms with Gasteiger partial charge in [-0.1, -0.05) is 13.8 Å². The summed E-state index contributed by atoms with van der Waals surface area (Å²) in [5, 5.41) is 5.23. The van der Waals surface area contributed by atoms with Crippen LogP contribution in [0.2, 0.25) is 0 Å². The molecule has 33 heavy (non-hydrogen) atoms. The molecule has 7 nitrogen and oxygen atoms in total. The van der Waals surface area contributed by atoms with Crippen LogP contribution >= 0.6 is 0 Å². The first kappa shape index (κ1) is 26.0. The number of benzene rings is 1. The third-order valence-electron chi connectivity index (χ3n) is 4.30. The van der Waals surface area contributed by atoms with Gasteiger partial charge < -0.3 is 20.1 Å². The Morgan fingerprint density at radius 3 is 2.27 bits per heavy atom. The monoisotopic (exact) mass is 463 g/mol. The molecule has 1 heterocycles. The molecular weight excluding hydrogens is 432 g/mol. The molecule has 0 radical (unpaired) electrons. The van der Waals surface area contributed by atoms with Gasteiger partial charge in [0.25, 0.3) is 0 Å². The van der Waals surface area contributed by atoms with Crippen molar-refractivity contribution in [1.82, 2.24) is 10.3 Å². The lowest BCUT2D eigenvalue weighted by Gasteiger charge is -2.25. The Hall–Kier alpha value is -3.23. The zero-order chi connectivity index (χ0) is 24.8. The van der Waals surface area contributed by atoms with Crippen molar-refractivity contribution in [3.05, 3.63) is 42.1 Å². The van der Waals surface area contributed by atoms with Gasteiger partial charge in [0.05, 0.1) is 6.04 Å². The molecule has 2 amide bonds. The zero-order valence-corrected chi connectivity index (χ0v) is 19.8. The second-order valence-electron chi connectivity index (χ2n) is 9.16. The van der Waals surface area contributed by atoms with Crippen molar-refractivity contribution < 1.29 is 27.8 Å². The van der Waals surface area contributed by atoms with E-state index in [0.29, 0.717) is 12.0 Å². The first-order valence-corrected chi connectivity index (χ1v) is 10.7. The van der Waals surface area contributed by atoms with E-state index in [1.54, 1.807) is 26.8 Å². The molecule has 0 aliphatic carbocycles. The zero-order valence-electron chi connectivity index (χ0n) is 19.8. The van der Waals surface area contributed by atoms with Crippen molar-refractivity contribution in [2.45, 2.75) is 59.6 Å². The highest BCUT2D eigenvalue weighted by Gasteiger charge is 2.22. The second kappa shape index (κ2) is 11.1. The van der Waals surface area contributed by atoms with E-state index in [9.17, 15) is 18.4 Å². The smallest absolute Gasteiger partial charge is 0.407 e. The average Bonchev–Trinajstić information content (AvgIpc) is 2.64. The number of halogens is 2. The fourth-order valence-corrected chi connectivity index (χ4v) is 3.12. The molecule has 0 unspecified atom stereocenters. The van der Waals surface area contributed by atoms with Gasteiger partial charge in [-0.05, 0) is 68.5 Å². The average molecular weight is 464 g/mol. The van der Waals surface area contributed by atoms with Gasteiger partial charge in [-0.15, -0.1) is 0 Å². The first-order valence-electron chi connectivity index (χ1n) is 10.7. The van der Waals surface area contributed by atoms with Crippen LogP contribution in [0.5, 0.6) is 5.75 Å². The fraction of sp³-hybridized carbons (Fsp3) is 0.458. The number of pyridine rings is 1. The summed E-state index contributed by atoms with van der Waals surface area (Å²) in [6.07, 6.45) is 1.34. The summed E-state index contributed by atoms with van der Waals surface area (Å²) in [5.74, 6) is -2.14. The van der Waals surface area contributed by atoms with Gasteiger partial charge in [-0.2, -0.15) is 0 Å². The van der Waals surface area contributed by atoms with Gasteiger partial charge in [0.2, 0.25) is 5.91 Å². The van der Waals surface area contributed by atoms with Crippen LogP contribution in [0.25, 0.3) is 11.1 Å². The summed E-state index contributed by atoms with van der Waals surface area (Å²) < 4.78 is 40.2. The van der Waals surface area contributed by atoms with E-state index < -0.39 is 35.1 Å². The quantitative estimate of drug-likeness (QED) is 0.554. The Balaban J connectivity index is 2.16. The van der Waals surface area contributed by atoms with Crippen molar-refractivity contribution in [3.63, 3.8) is 0 Å². The van der Waals surface area contributed by atoms with E-state index >= 15 is 0 Å². The van der Waals surface area contributed by atoms with E-state index in [0.717, 1.165) is 12.1 Å². The number of amides is 2. The summed E-state index contributed by atoms with van der Waals surface area (Å²) in [6, 6.07) is 4.87. The van der Waals surface area contributed by atoms with Gasteiger partial charge in [0.15, 0.2) is 17.4 Å². The molecule has 0 aliphatic heterocycles. The number of nitrogens with zero attached hydrogens (tertiary/aromatic N) is 1. The van der Waals surface area contributed by atoms with Crippen LogP contribution in [0.4, 0.5) is 19.4 Å². The van der Waals surface area contributed by atoms with Gasteiger partial charge in [0.1, 0.15) is 18.0 Å². The Kier molecular flexibility index (Phi) is 8.73. The van der Waals surface area contributed by atoms with E-state index in [-0.39, 0.29) is 29.8 Å². The van der Waals surface area contributed by atoms with Crippen LogP contribution in [-0.4, -0.2) is 35.2 Å². The number of hydrogen-bond donors (Lipinski definition) is 2. The molecule has 9 heteroatoms. The Morgan fingerprint density at radius 1 is 1.09 bits per heavy atom. The predicted molar refractivity (Wildman–Crippen MR) is 122 cm³/mol. The van der Waals surface area contributed by atoms with Crippen molar-refractivity contribution in [2.75, 3.05) is 11.9 Å². The maximum atomic E-state index is 14.7. The summed E-state index contributed by atoms with van der Waals surface area (Å²) in [4.78, 5) is 27.3. The lowest BCUT2D eigenvalue weighted by Crippen LogP contribution is -2.42. The van der Waals surface area contributed by atoms with Crippen LogP contribution in [0.15, 0.2) is 30.5 Å². The van der Waals surface area contributed by atoms with Gasteiger partial charge in [-0.25, -0.2) is 18.6 Å². The van der Waals surface area contributed by atoms with Crippen LogP contribution in [0, 0.1) is 17.6 Å². The first-order chi connectivity index (χ1) is 15.3. The molecule has 0 saturated heterocycles. The highest BCUT2D eigenvalue weighted by Crippen LogP contribution is 2.30. The third kappa shape index (κ3) is 8.67. The molecule has 1 aromatic carbocycles. The minimum atomic E-state index is -0.886. The molecule has 2 aromatic rings. The summed E-state index contributed by atoms with van der Waals surface area (Å²) >= 11 is 0. The fourth-order valence-electron chi connectivity index (χ4n) is 3.12. The van der Waals surface area contributed by atoms with Crippen LogP contribution < -0.4 is 15.4 Å². The maximum absolute atomic E-state index is 14.7. The number of alkyl carbamates (subject to hydrolysis) is 1. The van der Waals surface area contributed by atoms with Crippen molar-refractivity contribution in [3.8, 4) is 16.9 Å². The van der Waals surface area contributed by atoms with Crippen molar-refractivity contribution in [2.24, 2.45) is 5.92 Å². The highest BCUT2D eigenvalue weighted by atomic mass is 19.1. The number of rotatable bonds is 8. The Labute approximate surface area is 192 Å². The minimum Gasteiger partial charge on any atom is -0.485 e. The lowest BCUT2D eigenvalue weighted by atomic mass is 10.0. The van der Waals surface area contributed by atoms with Crippen molar-refractivity contribution >= 4 is 17.8 Å². The minimum absolute atomic E-state index is 0.132. The van der Waals surface area contributed by atoms with Gasteiger partial charge in [0, 0.05) is 13.1 Å². The van der Waals surface area contributed by atoms with E-state index in [2.05, 4.69) is 15.6 Å². The Morgan fingerprint density at radius 2 is 1.73 bits per heavy atom. The lowest BCUT2D eigenvalue weighted by molar-refractivity contribution is -0.114. The molecule has 1 atom stereocenters. The summed E-state index contributed by atoms with van der Waals surface area (Å²) in [5.41, 5.74) is 0.0630. The van der Waals surface area contributed by atoms with Crippen LogP contribution in [-0.2, 0) is 9.53 Å². The van der Waals surface area contributed by atoms with E-state index in [4.69, 9.17) is 9.47 Å². The number of nitrogens with one attached hydrogen (secondary N) is 2. The molecule has 1 aromatic heterocycles. The number of ether oxygens (including phenoxy) is 2. The van der Waals surface area contributed by atoms with Crippen molar-refractivity contribution in [1.29, 1.82) is 0 Å². The molecular formula is C24H31F2N3O4. The van der Waals surface area contributed by atoms with Crippen LogP contribution in [0.3, 0.4) is 0 Å². The molecule has 0 aliphatic rings. The maximum Gasteiger partial charge on any atom is 0.407 e. The van der Waals surface area contributed by atoms with E-state index in [1.165, 1.54) is 19.2 Å². The number of aromatic nitrogens is 1. The SMILES string of the molecule is CC(=O)Nc1cc(-c2cc(F)c(OC[C@H](CC(C)C)NC(=O)OC(C)(C)C)c(F)c2)ccn1. The predicted octanol–water partition coefficient (Wildman–Crippen LogP) is 5.30. The number of carbonyl (C=O) groups is 2. The molecule has 0 saturated carbocycles. The number of hydrogen-bond acceptors (Lipinski definition) is 5. The van der Waals surface area contributed by atoms with Crippen LogP contribution in [0.1, 0.15) is 48.0 Å². The second-order valence-corrected chi connectivity index (χ2v) is 9.16. The molecule has 2 N–H and O–H groups in total. The normalized spacial score (nSPS) is 12.3. The summed E-state index contributed by atoms with van der Waals surface area (Å²) in [7, 11) is 0. The Bertz CT molecular complexity index is 967. The molecule has 180 valence electrons. The standard InChI is InChI=1S/C24H31F2N3O4/c1-14(2)9-18(29-23(31)33-24(4,5)6)13-32-22-19(25)10-17(11-20(22)26)16-7-8-27-21(12-16)28-15(3)30/h7-8,10-12,14,18H,9,13H2,1-6H3,(H,29,31)(H,27,28,30)/t18-/m0/s1. The molecule has 0 bridgehead atoms. The highest BCUT2D eigenvalue weighted by molar-refractivity contribution is 5.88. The molecule has 0 fully saturated rings. The van der Waals surface area contributed by atoms with Gasteiger partial charge in [-0.3, -0.25) is 4.79 Å². The number of anilines is 1. The topological polar surface area (TPSA) is 89.6 Å². The largest absolute Gasteiger partial charge is 0.485 e. The molecule has 2 rings (SSSR count).